The molecule has 0 bridgehead atoms. The molecule has 1 heterocycles. The summed E-state index contributed by atoms with van der Waals surface area (Å²) in [4.78, 5) is 1.20. The fourth-order valence-electron chi connectivity index (χ4n) is 1.12. The van der Waals surface area contributed by atoms with Crippen LogP contribution in [0.2, 0.25) is 0 Å². The SMILES string of the molecule is CC(C)NC(CO)c1cccs1. The van der Waals surface area contributed by atoms with Crippen LogP contribution >= 0.6 is 11.3 Å². The Kier molecular flexibility index (Phi) is 3.72. The lowest BCUT2D eigenvalue weighted by atomic mass is 10.2. The molecule has 0 saturated carbocycles. The van der Waals surface area contributed by atoms with Crippen molar-refractivity contribution >= 4 is 11.3 Å². The lowest BCUT2D eigenvalue weighted by Gasteiger charge is -2.17. The minimum atomic E-state index is 0.102. The van der Waals surface area contributed by atoms with Crippen molar-refractivity contribution in [1.82, 2.24) is 5.32 Å². The molecule has 0 aliphatic rings. The van der Waals surface area contributed by atoms with Crippen LogP contribution in [0.25, 0.3) is 0 Å². The average Bonchev–Trinajstić information content (AvgIpc) is 2.51. The van der Waals surface area contributed by atoms with Crippen molar-refractivity contribution in [3.05, 3.63) is 22.4 Å². The Labute approximate surface area is 77.2 Å². The van der Waals surface area contributed by atoms with Crippen LogP contribution in [0.15, 0.2) is 17.5 Å². The maximum absolute atomic E-state index is 9.09. The Balaban J connectivity index is 2.57. The largest absolute Gasteiger partial charge is 0.394 e. The molecule has 1 aromatic rings. The van der Waals surface area contributed by atoms with Gasteiger partial charge in [-0.05, 0) is 11.4 Å². The molecule has 1 atom stereocenters. The molecule has 2 nitrogen and oxygen atoms in total. The van der Waals surface area contributed by atoms with Crippen LogP contribution in [0.4, 0.5) is 0 Å². The van der Waals surface area contributed by atoms with Gasteiger partial charge in [-0.3, -0.25) is 0 Å². The Morgan fingerprint density at radius 1 is 1.58 bits per heavy atom. The molecule has 1 unspecified atom stereocenters. The first kappa shape index (κ1) is 9.71. The van der Waals surface area contributed by atoms with Crippen molar-refractivity contribution in [3.8, 4) is 0 Å². The maximum Gasteiger partial charge on any atom is 0.0651 e. The zero-order valence-electron chi connectivity index (χ0n) is 7.45. The minimum absolute atomic E-state index is 0.102. The Hall–Kier alpha value is -0.380. The molecule has 1 aromatic heterocycles. The van der Waals surface area contributed by atoms with Crippen molar-refractivity contribution in [2.45, 2.75) is 25.9 Å². The molecule has 3 heteroatoms. The van der Waals surface area contributed by atoms with Gasteiger partial charge in [-0.2, -0.15) is 0 Å². The van der Waals surface area contributed by atoms with E-state index in [1.165, 1.54) is 4.88 Å². The Morgan fingerprint density at radius 3 is 2.75 bits per heavy atom. The molecule has 2 N–H and O–H groups in total. The fraction of sp³-hybridized carbons (Fsp3) is 0.556. The molecule has 0 aliphatic heterocycles. The van der Waals surface area contributed by atoms with E-state index in [9.17, 15) is 0 Å². The summed E-state index contributed by atoms with van der Waals surface area (Å²) in [6, 6.07) is 4.56. The summed E-state index contributed by atoms with van der Waals surface area (Å²) >= 11 is 1.68. The molecule has 12 heavy (non-hydrogen) atoms. The summed E-state index contributed by atoms with van der Waals surface area (Å²) in [7, 11) is 0. The first-order valence-corrected chi connectivity index (χ1v) is 5.02. The molecular weight excluding hydrogens is 170 g/mol. The van der Waals surface area contributed by atoms with Crippen molar-refractivity contribution < 1.29 is 5.11 Å². The number of rotatable bonds is 4. The quantitative estimate of drug-likeness (QED) is 0.749. The van der Waals surface area contributed by atoms with Gasteiger partial charge in [0.15, 0.2) is 0 Å². The molecule has 68 valence electrons. The molecule has 1 rings (SSSR count). The minimum Gasteiger partial charge on any atom is -0.394 e. The number of aliphatic hydroxyl groups excluding tert-OH is 1. The second kappa shape index (κ2) is 4.60. The van der Waals surface area contributed by atoms with E-state index < -0.39 is 0 Å². The molecular formula is C9H15NOS. The van der Waals surface area contributed by atoms with Gasteiger partial charge in [0.1, 0.15) is 0 Å². The van der Waals surface area contributed by atoms with Gasteiger partial charge in [0.25, 0.3) is 0 Å². The van der Waals surface area contributed by atoms with Crippen LogP contribution in [-0.2, 0) is 0 Å². The predicted molar refractivity (Wildman–Crippen MR) is 52.4 cm³/mol. The summed E-state index contributed by atoms with van der Waals surface area (Å²) in [6.45, 7) is 4.32. The number of thiophene rings is 1. The van der Waals surface area contributed by atoms with Gasteiger partial charge in [0.05, 0.1) is 12.6 Å². The van der Waals surface area contributed by atoms with Crippen LogP contribution in [0, 0.1) is 0 Å². The first-order valence-electron chi connectivity index (χ1n) is 4.14. The average molecular weight is 185 g/mol. The van der Waals surface area contributed by atoms with E-state index in [-0.39, 0.29) is 12.6 Å². The van der Waals surface area contributed by atoms with E-state index in [1.54, 1.807) is 11.3 Å². The highest BCUT2D eigenvalue weighted by atomic mass is 32.1. The topological polar surface area (TPSA) is 32.3 Å². The van der Waals surface area contributed by atoms with Crippen LogP contribution in [0.1, 0.15) is 24.8 Å². The van der Waals surface area contributed by atoms with Gasteiger partial charge in [-0.15, -0.1) is 11.3 Å². The van der Waals surface area contributed by atoms with E-state index in [0.29, 0.717) is 6.04 Å². The van der Waals surface area contributed by atoms with Gasteiger partial charge in [0, 0.05) is 10.9 Å². The zero-order chi connectivity index (χ0) is 8.97. The third kappa shape index (κ3) is 2.59. The monoisotopic (exact) mass is 185 g/mol. The van der Waals surface area contributed by atoms with Crippen molar-refractivity contribution in [2.75, 3.05) is 6.61 Å². The molecule has 0 saturated heterocycles. The molecule has 0 aliphatic carbocycles. The molecule has 0 fully saturated rings. The van der Waals surface area contributed by atoms with Crippen LogP contribution in [-0.4, -0.2) is 17.8 Å². The number of hydrogen-bond acceptors (Lipinski definition) is 3. The smallest absolute Gasteiger partial charge is 0.0651 e. The second-order valence-electron chi connectivity index (χ2n) is 3.07. The summed E-state index contributed by atoms with van der Waals surface area (Å²) in [6.07, 6.45) is 0. The number of hydrogen-bond donors (Lipinski definition) is 2. The second-order valence-corrected chi connectivity index (χ2v) is 4.05. The van der Waals surface area contributed by atoms with Gasteiger partial charge >= 0.3 is 0 Å². The van der Waals surface area contributed by atoms with Crippen molar-refractivity contribution in [2.24, 2.45) is 0 Å². The van der Waals surface area contributed by atoms with Crippen molar-refractivity contribution in [1.29, 1.82) is 0 Å². The van der Waals surface area contributed by atoms with E-state index >= 15 is 0 Å². The van der Waals surface area contributed by atoms with Gasteiger partial charge < -0.3 is 10.4 Å². The van der Waals surface area contributed by atoms with E-state index in [1.807, 2.05) is 17.5 Å². The first-order chi connectivity index (χ1) is 5.74. The maximum atomic E-state index is 9.09. The van der Waals surface area contributed by atoms with E-state index in [0.717, 1.165) is 0 Å². The van der Waals surface area contributed by atoms with Crippen molar-refractivity contribution in [3.63, 3.8) is 0 Å². The molecule has 0 aromatic carbocycles. The number of nitrogens with one attached hydrogen (secondary N) is 1. The van der Waals surface area contributed by atoms with Crippen LogP contribution < -0.4 is 5.32 Å². The summed E-state index contributed by atoms with van der Waals surface area (Å²) in [5.41, 5.74) is 0. The fourth-order valence-corrected chi connectivity index (χ4v) is 1.89. The standard InChI is InChI=1S/C9H15NOS/c1-7(2)10-8(6-11)9-4-3-5-12-9/h3-5,7-8,10-11H,6H2,1-2H3. The Bertz CT molecular complexity index is 208. The summed E-state index contributed by atoms with van der Waals surface area (Å²) < 4.78 is 0. The Morgan fingerprint density at radius 2 is 2.33 bits per heavy atom. The van der Waals surface area contributed by atoms with E-state index in [2.05, 4.69) is 19.2 Å². The lowest BCUT2D eigenvalue weighted by molar-refractivity contribution is 0.239. The predicted octanol–water partition coefficient (Wildman–Crippen LogP) is 1.78. The number of aliphatic hydroxyl groups is 1. The summed E-state index contributed by atoms with van der Waals surface area (Å²) in [5, 5.41) is 14.4. The zero-order valence-corrected chi connectivity index (χ0v) is 8.27. The third-order valence-corrected chi connectivity index (χ3v) is 2.59. The van der Waals surface area contributed by atoms with Gasteiger partial charge in [-0.25, -0.2) is 0 Å². The molecule has 0 spiro atoms. The summed E-state index contributed by atoms with van der Waals surface area (Å²) in [5.74, 6) is 0. The lowest BCUT2D eigenvalue weighted by Crippen LogP contribution is -2.29. The third-order valence-electron chi connectivity index (χ3n) is 1.60. The van der Waals surface area contributed by atoms with Crippen LogP contribution in [0.3, 0.4) is 0 Å². The molecule has 0 radical (unpaired) electrons. The van der Waals surface area contributed by atoms with E-state index in [4.69, 9.17) is 5.11 Å². The highest BCUT2D eigenvalue weighted by Gasteiger charge is 2.11. The molecule has 0 amide bonds. The normalized spacial score (nSPS) is 13.7. The highest BCUT2D eigenvalue weighted by Crippen LogP contribution is 2.18. The highest BCUT2D eigenvalue weighted by molar-refractivity contribution is 7.10. The van der Waals surface area contributed by atoms with Gasteiger partial charge in [-0.1, -0.05) is 19.9 Å². The van der Waals surface area contributed by atoms with Gasteiger partial charge in [0.2, 0.25) is 0 Å². The van der Waals surface area contributed by atoms with Crippen LogP contribution in [0.5, 0.6) is 0 Å².